The Balaban J connectivity index is 2.80. The highest BCUT2D eigenvalue weighted by molar-refractivity contribution is 7.89. The zero-order valence-corrected chi connectivity index (χ0v) is 12.4. The quantitative estimate of drug-likeness (QED) is 0.731. The summed E-state index contributed by atoms with van der Waals surface area (Å²) in [4.78, 5) is 12.0. The van der Waals surface area contributed by atoms with E-state index in [1.807, 2.05) is 6.92 Å². The molecule has 1 heterocycles. The van der Waals surface area contributed by atoms with E-state index in [2.05, 4.69) is 0 Å². The van der Waals surface area contributed by atoms with Crippen LogP contribution in [0, 0.1) is 0 Å². The normalized spacial score (nSPS) is 22.1. The largest absolute Gasteiger partial charge is 0.459 e. The van der Waals surface area contributed by atoms with E-state index in [0.29, 0.717) is 25.8 Å². The fraction of sp³-hybridized carbons (Fsp3) is 0.917. The lowest BCUT2D eigenvalue weighted by Crippen LogP contribution is -2.44. The Morgan fingerprint density at radius 2 is 2.00 bits per heavy atom. The van der Waals surface area contributed by atoms with Crippen LogP contribution in [0.4, 0.5) is 0 Å². The molecule has 0 aromatic carbocycles. The molecule has 106 valence electrons. The third kappa shape index (κ3) is 3.95. The first-order valence-electron chi connectivity index (χ1n) is 6.40. The molecule has 0 N–H and O–H groups in total. The van der Waals surface area contributed by atoms with E-state index in [9.17, 15) is 13.2 Å². The Morgan fingerprint density at radius 1 is 1.39 bits per heavy atom. The first kappa shape index (κ1) is 15.4. The van der Waals surface area contributed by atoms with E-state index < -0.39 is 27.6 Å². The molecule has 0 radical (unpaired) electrons. The summed E-state index contributed by atoms with van der Waals surface area (Å²) in [5.41, 5.74) is -0.583. The number of rotatable bonds is 4. The van der Waals surface area contributed by atoms with Gasteiger partial charge in [0.15, 0.2) is 0 Å². The van der Waals surface area contributed by atoms with E-state index in [-0.39, 0.29) is 5.75 Å². The first-order valence-corrected chi connectivity index (χ1v) is 8.00. The lowest BCUT2D eigenvalue weighted by molar-refractivity contribution is -0.158. The molecule has 0 bridgehead atoms. The van der Waals surface area contributed by atoms with Crippen molar-refractivity contribution in [3.05, 3.63) is 0 Å². The van der Waals surface area contributed by atoms with Gasteiger partial charge in [0, 0.05) is 6.54 Å². The van der Waals surface area contributed by atoms with Gasteiger partial charge in [-0.05, 0) is 40.0 Å². The number of hydrogen-bond donors (Lipinski definition) is 0. The Hall–Kier alpha value is -0.620. The van der Waals surface area contributed by atoms with Crippen LogP contribution in [0.25, 0.3) is 0 Å². The fourth-order valence-corrected chi connectivity index (χ4v) is 3.79. The van der Waals surface area contributed by atoms with Crippen molar-refractivity contribution < 1.29 is 17.9 Å². The average Bonchev–Trinajstić information content (AvgIpc) is 2.63. The molecule has 1 saturated heterocycles. The number of sulfonamides is 1. The molecular formula is C12H23NO4S. The smallest absolute Gasteiger partial charge is 0.324 e. The van der Waals surface area contributed by atoms with Crippen molar-refractivity contribution in [3.63, 3.8) is 0 Å². The van der Waals surface area contributed by atoms with Crippen molar-refractivity contribution in [2.24, 2.45) is 0 Å². The maximum Gasteiger partial charge on any atom is 0.324 e. The van der Waals surface area contributed by atoms with Gasteiger partial charge >= 0.3 is 5.97 Å². The van der Waals surface area contributed by atoms with Gasteiger partial charge in [-0.1, -0.05) is 6.92 Å². The van der Waals surface area contributed by atoms with Gasteiger partial charge in [-0.15, -0.1) is 0 Å². The van der Waals surface area contributed by atoms with Gasteiger partial charge in [-0.2, -0.15) is 4.31 Å². The molecule has 5 nitrogen and oxygen atoms in total. The molecule has 18 heavy (non-hydrogen) atoms. The topological polar surface area (TPSA) is 63.7 Å². The zero-order chi connectivity index (χ0) is 14.0. The number of hydrogen-bond acceptors (Lipinski definition) is 4. The van der Waals surface area contributed by atoms with Crippen LogP contribution in [0.2, 0.25) is 0 Å². The van der Waals surface area contributed by atoms with Crippen LogP contribution in [0.1, 0.15) is 47.0 Å². The van der Waals surface area contributed by atoms with Gasteiger partial charge in [0.25, 0.3) is 0 Å². The zero-order valence-electron chi connectivity index (χ0n) is 11.6. The van der Waals surface area contributed by atoms with Crippen molar-refractivity contribution >= 4 is 16.0 Å². The molecule has 1 fully saturated rings. The van der Waals surface area contributed by atoms with Gasteiger partial charge in [-0.25, -0.2) is 8.42 Å². The van der Waals surface area contributed by atoms with Gasteiger partial charge in [0.05, 0.1) is 5.75 Å². The lowest BCUT2D eigenvalue weighted by Gasteiger charge is -2.26. The van der Waals surface area contributed by atoms with E-state index in [0.717, 1.165) is 0 Å². The highest BCUT2D eigenvalue weighted by Crippen LogP contribution is 2.24. The van der Waals surface area contributed by atoms with E-state index in [4.69, 9.17) is 4.74 Å². The molecule has 0 saturated carbocycles. The monoisotopic (exact) mass is 277 g/mol. The molecule has 0 aromatic heterocycles. The molecule has 0 aromatic rings. The second-order valence-corrected chi connectivity index (χ2v) is 7.66. The van der Waals surface area contributed by atoms with Crippen LogP contribution in [0.5, 0.6) is 0 Å². The summed E-state index contributed by atoms with van der Waals surface area (Å²) < 4.78 is 30.7. The van der Waals surface area contributed by atoms with Crippen LogP contribution < -0.4 is 0 Å². The predicted molar refractivity (Wildman–Crippen MR) is 69.7 cm³/mol. The SMILES string of the molecule is CCCS(=O)(=O)N1CCCC1C(=O)OC(C)(C)C. The highest BCUT2D eigenvalue weighted by atomic mass is 32.2. The van der Waals surface area contributed by atoms with Crippen molar-refractivity contribution in [1.29, 1.82) is 0 Å². The summed E-state index contributed by atoms with van der Waals surface area (Å²) in [5.74, 6) is -0.341. The molecule has 1 unspecified atom stereocenters. The molecule has 6 heteroatoms. The molecule has 1 rings (SSSR count). The predicted octanol–water partition coefficient (Wildman–Crippen LogP) is 1.53. The van der Waals surface area contributed by atoms with Gasteiger partial charge in [0.1, 0.15) is 11.6 Å². The minimum atomic E-state index is -3.33. The van der Waals surface area contributed by atoms with Crippen molar-refractivity contribution in [1.82, 2.24) is 4.31 Å². The summed E-state index contributed by atoms with van der Waals surface area (Å²) in [7, 11) is -3.33. The van der Waals surface area contributed by atoms with Crippen LogP contribution in [-0.4, -0.2) is 42.6 Å². The molecule has 0 spiro atoms. The Labute approximate surface area is 110 Å². The fourth-order valence-electron chi connectivity index (χ4n) is 2.05. The standard InChI is InChI=1S/C12H23NO4S/c1-5-9-18(15,16)13-8-6-7-10(13)11(14)17-12(2,3)4/h10H,5-9H2,1-4H3. The minimum absolute atomic E-state index is 0.0896. The first-order chi connectivity index (χ1) is 8.17. The molecular weight excluding hydrogens is 254 g/mol. The van der Waals surface area contributed by atoms with Crippen LogP contribution in [-0.2, 0) is 19.6 Å². The van der Waals surface area contributed by atoms with Gasteiger partial charge in [-0.3, -0.25) is 4.79 Å². The van der Waals surface area contributed by atoms with Gasteiger partial charge < -0.3 is 4.74 Å². The Kier molecular flexibility index (Phi) is 4.78. The van der Waals surface area contributed by atoms with Crippen molar-refractivity contribution in [2.45, 2.75) is 58.6 Å². The summed E-state index contributed by atoms with van der Waals surface area (Å²) in [6.07, 6.45) is 1.82. The number of ether oxygens (including phenoxy) is 1. The minimum Gasteiger partial charge on any atom is -0.459 e. The maximum atomic E-state index is 12.0. The third-order valence-electron chi connectivity index (χ3n) is 2.70. The molecule has 1 atom stereocenters. The van der Waals surface area contributed by atoms with Crippen molar-refractivity contribution in [2.75, 3.05) is 12.3 Å². The van der Waals surface area contributed by atoms with E-state index in [1.165, 1.54) is 4.31 Å². The van der Waals surface area contributed by atoms with Crippen LogP contribution >= 0.6 is 0 Å². The summed E-state index contributed by atoms with van der Waals surface area (Å²) in [6, 6.07) is -0.638. The van der Waals surface area contributed by atoms with Crippen molar-refractivity contribution in [3.8, 4) is 0 Å². The average molecular weight is 277 g/mol. The van der Waals surface area contributed by atoms with Gasteiger partial charge in [0.2, 0.25) is 10.0 Å². The summed E-state index contributed by atoms with van der Waals surface area (Å²) >= 11 is 0. The van der Waals surface area contributed by atoms with E-state index in [1.54, 1.807) is 20.8 Å². The number of carbonyl (C=O) groups excluding carboxylic acids is 1. The second kappa shape index (κ2) is 5.57. The maximum absolute atomic E-state index is 12.0. The molecule has 0 amide bonds. The number of carbonyl (C=O) groups is 1. The Bertz CT molecular complexity index is 397. The Morgan fingerprint density at radius 3 is 2.50 bits per heavy atom. The highest BCUT2D eigenvalue weighted by Gasteiger charge is 2.40. The van der Waals surface area contributed by atoms with E-state index >= 15 is 0 Å². The number of esters is 1. The molecule has 1 aliphatic rings. The molecule has 1 aliphatic heterocycles. The summed E-state index contributed by atoms with van der Waals surface area (Å²) in [5, 5.41) is 0. The number of nitrogens with zero attached hydrogens (tertiary/aromatic N) is 1. The van der Waals surface area contributed by atoms with Crippen LogP contribution in [0.3, 0.4) is 0 Å². The van der Waals surface area contributed by atoms with Crippen LogP contribution in [0.15, 0.2) is 0 Å². The molecule has 0 aliphatic carbocycles. The summed E-state index contributed by atoms with van der Waals surface area (Å²) in [6.45, 7) is 7.59. The third-order valence-corrected chi connectivity index (χ3v) is 4.78. The second-order valence-electron chi connectivity index (χ2n) is 5.62. The lowest BCUT2D eigenvalue weighted by atomic mass is 10.2.